The van der Waals surface area contributed by atoms with Crippen molar-refractivity contribution in [2.24, 2.45) is 0 Å². The predicted octanol–water partition coefficient (Wildman–Crippen LogP) is 4.44. The normalized spacial score (nSPS) is 12.4. The minimum absolute atomic E-state index is 0.226. The molecule has 0 fully saturated rings. The van der Waals surface area contributed by atoms with Gasteiger partial charge in [-0.05, 0) is 48.7 Å². The highest BCUT2D eigenvalue weighted by atomic mass is 35.5. The van der Waals surface area contributed by atoms with Crippen LogP contribution in [-0.4, -0.2) is 13.2 Å². The van der Waals surface area contributed by atoms with Crippen molar-refractivity contribution in [2.75, 3.05) is 13.2 Å². The third-order valence-corrected chi connectivity index (χ3v) is 4.25. The number of hydrogen-bond acceptors (Lipinski definition) is 3. The molecule has 19 heavy (non-hydrogen) atoms. The molecule has 2 nitrogen and oxygen atoms in total. The van der Waals surface area contributed by atoms with Crippen LogP contribution in [0.25, 0.3) is 0 Å². The summed E-state index contributed by atoms with van der Waals surface area (Å²) in [7, 11) is 0. The third-order valence-electron chi connectivity index (χ3n) is 2.88. The van der Waals surface area contributed by atoms with Gasteiger partial charge in [0.15, 0.2) is 0 Å². The van der Waals surface area contributed by atoms with Crippen LogP contribution in [0.15, 0.2) is 35.7 Å². The van der Waals surface area contributed by atoms with E-state index in [1.54, 1.807) is 11.3 Å². The number of hydrogen-bond donors (Lipinski definition) is 1. The summed E-state index contributed by atoms with van der Waals surface area (Å²) in [5, 5.41) is 6.28. The van der Waals surface area contributed by atoms with Gasteiger partial charge in [-0.15, -0.1) is 11.3 Å². The van der Waals surface area contributed by atoms with Gasteiger partial charge in [-0.3, -0.25) is 0 Å². The van der Waals surface area contributed by atoms with Crippen molar-refractivity contribution in [2.45, 2.75) is 19.9 Å². The minimum Gasteiger partial charge on any atom is -0.492 e. The zero-order valence-electron chi connectivity index (χ0n) is 11.2. The van der Waals surface area contributed by atoms with E-state index in [0.29, 0.717) is 11.6 Å². The molecule has 0 bridgehead atoms. The summed E-state index contributed by atoms with van der Waals surface area (Å²) in [5.74, 6) is 0.810. The van der Waals surface area contributed by atoms with Crippen LogP contribution in [0.4, 0.5) is 0 Å². The second-order valence-corrected chi connectivity index (χ2v) is 5.73. The van der Waals surface area contributed by atoms with E-state index in [4.69, 9.17) is 16.3 Å². The maximum Gasteiger partial charge on any atom is 0.120 e. The molecule has 0 radical (unpaired) electrons. The van der Waals surface area contributed by atoms with Gasteiger partial charge in [-0.25, -0.2) is 0 Å². The lowest BCUT2D eigenvalue weighted by molar-refractivity contribution is 0.270. The number of aryl methyl sites for hydroxylation is 1. The van der Waals surface area contributed by atoms with Gasteiger partial charge in [0.2, 0.25) is 0 Å². The van der Waals surface area contributed by atoms with Crippen LogP contribution in [-0.2, 0) is 0 Å². The van der Waals surface area contributed by atoms with Crippen molar-refractivity contribution in [3.8, 4) is 5.75 Å². The van der Waals surface area contributed by atoms with Crippen molar-refractivity contribution in [3.63, 3.8) is 0 Å². The van der Waals surface area contributed by atoms with Crippen LogP contribution in [0.1, 0.15) is 23.4 Å². The molecule has 102 valence electrons. The van der Waals surface area contributed by atoms with E-state index in [-0.39, 0.29) is 6.04 Å². The van der Waals surface area contributed by atoms with Crippen molar-refractivity contribution < 1.29 is 4.74 Å². The highest BCUT2D eigenvalue weighted by molar-refractivity contribution is 7.10. The molecule has 0 saturated heterocycles. The minimum atomic E-state index is 0.226. The number of nitrogens with one attached hydrogen (secondary N) is 1. The van der Waals surface area contributed by atoms with Crippen molar-refractivity contribution in [3.05, 3.63) is 51.2 Å². The van der Waals surface area contributed by atoms with Gasteiger partial charge in [-0.1, -0.05) is 24.6 Å². The lowest BCUT2D eigenvalue weighted by atomic mass is 10.2. The van der Waals surface area contributed by atoms with Gasteiger partial charge in [0.1, 0.15) is 12.4 Å². The van der Waals surface area contributed by atoms with Crippen LogP contribution in [0.5, 0.6) is 5.75 Å². The molecule has 0 spiro atoms. The highest BCUT2D eigenvalue weighted by Gasteiger charge is 2.15. The molecule has 0 saturated carbocycles. The summed E-state index contributed by atoms with van der Waals surface area (Å²) in [4.78, 5) is 1.34. The topological polar surface area (TPSA) is 21.3 Å². The summed E-state index contributed by atoms with van der Waals surface area (Å²) in [5.41, 5.74) is 1.31. The zero-order valence-corrected chi connectivity index (χ0v) is 12.7. The quantitative estimate of drug-likeness (QED) is 0.851. The molecule has 1 atom stereocenters. The summed E-state index contributed by atoms with van der Waals surface area (Å²) in [6.07, 6.45) is 0. The molecular formula is C15H18ClNOS. The molecule has 0 aliphatic heterocycles. The Balaban J connectivity index is 2.04. The van der Waals surface area contributed by atoms with E-state index in [2.05, 4.69) is 30.6 Å². The number of thiophene rings is 1. The lowest BCUT2D eigenvalue weighted by Gasteiger charge is -2.18. The molecule has 4 heteroatoms. The number of benzene rings is 1. The van der Waals surface area contributed by atoms with E-state index in [1.807, 2.05) is 24.3 Å². The fourth-order valence-electron chi connectivity index (χ4n) is 1.95. The van der Waals surface area contributed by atoms with Gasteiger partial charge in [0.05, 0.1) is 6.04 Å². The Hall–Kier alpha value is -1.03. The third kappa shape index (κ3) is 3.96. The molecule has 1 aromatic carbocycles. The fourth-order valence-corrected chi connectivity index (χ4v) is 3.12. The monoisotopic (exact) mass is 295 g/mol. The van der Waals surface area contributed by atoms with Crippen LogP contribution >= 0.6 is 22.9 Å². The predicted molar refractivity (Wildman–Crippen MR) is 82.4 cm³/mol. The summed E-state index contributed by atoms with van der Waals surface area (Å²) >= 11 is 7.72. The van der Waals surface area contributed by atoms with E-state index in [1.165, 1.54) is 10.4 Å². The molecule has 2 aromatic rings. The van der Waals surface area contributed by atoms with Gasteiger partial charge >= 0.3 is 0 Å². The van der Waals surface area contributed by atoms with Gasteiger partial charge in [0.25, 0.3) is 0 Å². The Morgan fingerprint density at radius 1 is 1.37 bits per heavy atom. The number of likely N-dealkylation sites (N-methyl/N-ethyl adjacent to an activating group) is 1. The van der Waals surface area contributed by atoms with Crippen LogP contribution in [0.2, 0.25) is 5.02 Å². The Morgan fingerprint density at radius 2 is 2.21 bits per heavy atom. The molecule has 0 aliphatic rings. The summed E-state index contributed by atoms with van der Waals surface area (Å²) in [6.45, 7) is 5.77. The first-order chi connectivity index (χ1) is 9.20. The average molecular weight is 296 g/mol. The first-order valence-corrected chi connectivity index (χ1v) is 7.62. The van der Waals surface area contributed by atoms with E-state index in [9.17, 15) is 0 Å². The molecule has 1 heterocycles. The van der Waals surface area contributed by atoms with Gasteiger partial charge in [-0.2, -0.15) is 0 Å². The van der Waals surface area contributed by atoms with Crippen LogP contribution in [0.3, 0.4) is 0 Å². The molecule has 0 amide bonds. The molecule has 1 unspecified atom stereocenters. The SMILES string of the molecule is CCNC(COc1cccc(Cl)c1)c1sccc1C. The van der Waals surface area contributed by atoms with E-state index >= 15 is 0 Å². The molecule has 2 rings (SSSR count). The zero-order chi connectivity index (χ0) is 13.7. The Morgan fingerprint density at radius 3 is 2.84 bits per heavy atom. The van der Waals surface area contributed by atoms with Gasteiger partial charge < -0.3 is 10.1 Å². The summed E-state index contributed by atoms with van der Waals surface area (Å²) < 4.78 is 5.84. The van der Waals surface area contributed by atoms with Crippen molar-refractivity contribution >= 4 is 22.9 Å². The maximum absolute atomic E-state index is 5.95. The van der Waals surface area contributed by atoms with Gasteiger partial charge in [0, 0.05) is 9.90 Å². The highest BCUT2D eigenvalue weighted by Crippen LogP contribution is 2.25. The standard InChI is InChI=1S/C15H18ClNOS/c1-3-17-14(15-11(2)7-8-19-15)10-18-13-6-4-5-12(16)9-13/h4-9,14,17H,3,10H2,1-2H3. The molecule has 1 aromatic heterocycles. The van der Waals surface area contributed by atoms with Crippen molar-refractivity contribution in [1.29, 1.82) is 0 Å². The van der Waals surface area contributed by atoms with Crippen molar-refractivity contribution in [1.82, 2.24) is 5.32 Å². The first-order valence-electron chi connectivity index (χ1n) is 6.36. The maximum atomic E-state index is 5.95. The second kappa shape index (κ2) is 6.94. The molecule has 0 aliphatic carbocycles. The smallest absolute Gasteiger partial charge is 0.120 e. The summed E-state index contributed by atoms with van der Waals surface area (Å²) in [6, 6.07) is 9.88. The Bertz CT molecular complexity index is 526. The van der Waals surface area contributed by atoms with Crippen LogP contribution in [0, 0.1) is 6.92 Å². The second-order valence-electron chi connectivity index (χ2n) is 4.35. The largest absolute Gasteiger partial charge is 0.492 e. The Labute approximate surface area is 123 Å². The molecular weight excluding hydrogens is 278 g/mol. The number of ether oxygens (including phenoxy) is 1. The fraction of sp³-hybridized carbons (Fsp3) is 0.333. The number of rotatable bonds is 6. The average Bonchev–Trinajstić information content (AvgIpc) is 2.81. The first kappa shape index (κ1) is 14.4. The lowest BCUT2D eigenvalue weighted by Crippen LogP contribution is -2.26. The Kier molecular flexibility index (Phi) is 5.25. The van der Waals surface area contributed by atoms with Crippen LogP contribution < -0.4 is 10.1 Å². The number of halogens is 1. The van der Waals surface area contributed by atoms with E-state index in [0.717, 1.165) is 12.3 Å². The van der Waals surface area contributed by atoms with E-state index < -0.39 is 0 Å². The molecule has 1 N–H and O–H groups in total.